The van der Waals surface area contributed by atoms with Crippen molar-refractivity contribution in [3.05, 3.63) is 138 Å². The molecule has 198 valence electrons. The highest BCUT2D eigenvalue weighted by molar-refractivity contribution is 6.31. The van der Waals surface area contributed by atoms with Crippen LogP contribution in [-0.2, 0) is 4.79 Å². The van der Waals surface area contributed by atoms with Crippen LogP contribution in [0.2, 0.25) is 5.02 Å². The molecule has 7 rings (SSSR count). The lowest BCUT2D eigenvalue weighted by Crippen LogP contribution is -2.23. The number of fused-ring (bicyclic) bond motifs is 2. The lowest BCUT2D eigenvalue weighted by Gasteiger charge is -2.24. The van der Waals surface area contributed by atoms with Gasteiger partial charge in [0.15, 0.2) is 11.6 Å². The lowest BCUT2D eigenvalue weighted by molar-refractivity contribution is -0.114. The summed E-state index contributed by atoms with van der Waals surface area (Å²) in [6, 6.07) is 34.9. The average Bonchev–Trinajstić information content (AvgIpc) is 3.48. The molecule has 1 aromatic heterocycles. The van der Waals surface area contributed by atoms with Crippen molar-refractivity contribution >= 4 is 63.0 Å². The third-order valence-corrected chi connectivity index (χ3v) is 7.20. The van der Waals surface area contributed by atoms with Crippen molar-refractivity contribution in [2.24, 2.45) is 5.10 Å². The molecular weight excluding hydrogens is 532 g/mol. The number of hydrogen-bond donors (Lipinski definition) is 0. The van der Waals surface area contributed by atoms with Gasteiger partial charge in [0.25, 0.3) is 5.91 Å². The number of halogens is 1. The number of anilines is 5. The Morgan fingerprint density at radius 2 is 1.20 bits per heavy atom. The smallest absolute Gasteiger partial charge is 0.277 e. The van der Waals surface area contributed by atoms with Crippen molar-refractivity contribution in [1.29, 1.82) is 0 Å². The largest absolute Gasteiger partial charge is 0.280 e. The molecule has 41 heavy (non-hydrogen) atoms. The standard InChI is InChI=1S/C33H23ClN6O/c1-22-27(33(41)40(37-22)26-15-9-4-10-16-26)18-20-30-38(24-11-5-2-6-12-24)31-32(39(30)25-13-7-3-8-14-25)36-29-21-23(34)17-19-28(29)35-31/h2-21H,1H3/b27-18+,30-20+. The number of allylic oxidation sites excluding steroid dienone is 2. The second-order valence-electron chi connectivity index (χ2n) is 9.59. The molecule has 5 aromatic rings. The number of hydrogen-bond acceptors (Lipinski definition) is 6. The molecule has 7 nitrogen and oxygen atoms in total. The minimum Gasteiger partial charge on any atom is -0.277 e. The maximum absolute atomic E-state index is 13.5. The second-order valence-corrected chi connectivity index (χ2v) is 10.0. The highest BCUT2D eigenvalue weighted by Gasteiger charge is 2.37. The molecule has 0 N–H and O–H groups in total. The zero-order valence-corrected chi connectivity index (χ0v) is 22.8. The number of aromatic nitrogens is 2. The van der Waals surface area contributed by atoms with Gasteiger partial charge in [-0.15, -0.1) is 0 Å². The first-order valence-corrected chi connectivity index (χ1v) is 13.5. The summed E-state index contributed by atoms with van der Waals surface area (Å²) in [5.74, 6) is 1.92. The summed E-state index contributed by atoms with van der Waals surface area (Å²) < 4.78 is 0. The van der Waals surface area contributed by atoms with Crippen LogP contribution < -0.4 is 14.8 Å². The molecule has 0 saturated heterocycles. The average molecular weight is 555 g/mol. The van der Waals surface area contributed by atoms with Gasteiger partial charge in [-0.25, -0.2) is 9.97 Å². The van der Waals surface area contributed by atoms with Crippen molar-refractivity contribution in [2.75, 3.05) is 14.8 Å². The van der Waals surface area contributed by atoms with Gasteiger partial charge in [0.05, 0.1) is 28.0 Å². The van der Waals surface area contributed by atoms with Gasteiger partial charge in [0.1, 0.15) is 5.82 Å². The van der Waals surface area contributed by atoms with Crippen molar-refractivity contribution in [3.63, 3.8) is 0 Å². The molecule has 0 radical (unpaired) electrons. The third-order valence-electron chi connectivity index (χ3n) is 6.96. The van der Waals surface area contributed by atoms with Crippen LogP contribution in [0.1, 0.15) is 6.92 Å². The van der Waals surface area contributed by atoms with E-state index in [9.17, 15) is 4.79 Å². The molecular formula is C33H23ClN6O. The molecule has 0 saturated carbocycles. The van der Waals surface area contributed by atoms with E-state index in [0.717, 1.165) is 28.4 Å². The first-order valence-electron chi connectivity index (χ1n) is 13.1. The van der Waals surface area contributed by atoms with E-state index < -0.39 is 0 Å². The fraction of sp³-hybridized carbons (Fsp3) is 0.0303. The molecule has 2 aliphatic heterocycles. The highest BCUT2D eigenvalue weighted by atomic mass is 35.5. The molecule has 0 atom stereocenters. The normalized spacial score (nSPS) is 16.7. The molecule has 8 heteroatoms. The molecule has 2 aliphatic rings. The Bertz CT molecular complexity index is 1890. The van der Waals surface area contributed by atoms with Crippen LogP contribution in [0.5, 0.6) is 0 Å². The minimum atomic E-state index is -0.185. The van der Waals surface area contributed by atoms with Crippen molar-refractivity contribution in [3.8, 4) is 0 Å². The Labute approximate surface area is 241 Å². The molecule has 0 unspecified atom stereocenters. The molecule has 0 spiro atoms. The maximum atomic E-state index is 13.5. The second kappa shape index (κ2) is 10.0. The van der Waals surface area contributed by atoms with Gasteiger partial charge in [-0.3, -0.25) is 14.6 Å². The molecule has 1 amide bonds. The Morgan fingerprint density at radius 3 is 1.78 bits per heavy atom. The van der Waals surface area contributed by atoms with Crippen LogP contribution in [0, 0.1) is 0 Å². The summed E-state index contributed by atoms with van der Waals surface area (Å²) in [5, 5.41) is 6.57. The van der Waals surface area contributed by atoms with Gasteiger partial charge >= 0.3 is 0 Å². The topological polar surface area (TPSA) is 64.9 Å². The quantitative estimate of drug-likeness (QED) is 0.212. The maximum Gasteiger partial charge on any atom is 0.280 e. The minimum absolute atomic E-state index is 0.185. The Hall–Kier alpha value is -5.27. The molecule has 0 aliphatic carbocycles. The number of rotatable bonds is 4. The number of carbonyl (C=O) groups is 1. The Kier molecular flexibility index (Phi) is 6.06. The number of carbonyl (C=O) groups excluding carboxylic acids is 1. The summed E-state index contributed by atoms with van der Waals surface area (Å²) in [5.41, 5.74) is 5.11. The Balaban J connectivity index is 1.42. The van der Waals surface area contributed by atoms with Crippen LogP contribution in [-0.4, -0.2) is 21.6 Å². The highest BCUT2D eigenvalue weighted by Crippen LogP contribution is 2.48. The number of hydrazone groups is 1. The summed E-state index contributed by atoms with van der Waals surface area (Å²) in [4.78, 5) is 27.7. The predicted octanol–water partition coefficient (Wildman–Crippen LogP) is 7.76. The summed E-state index contributed by atoms with van der Waals surface area (Å²) in [7, 11) is 0. The number of amides is 1. The fourth-order valence-corrected chi connectivity index (χ4v) is 5.22. The van der Waals surface area contributed by atoms with Gasteiger partial charge in [-0.05, 0) is 73.7 Å². The third kappa shape index (κ3) is 4.33. The van der Waals surface area contributed by atoms with Crippen LogP contribution in [0.3, 0.4) is 0 Å². The summed E-state index contributed by atoms with van der Waals surface area (Å²) in [6.07, 6.45) is 3.76. The van der Waals surface area contributed by atoms with E-state index >= 15 is 0 Å². The van der Waals surface area contributed by atoms with E-state index in [1.54, 1.807) is 0 Å². The van der Waals surface area contributed by atoms with Crippen LogP contribution >= 0.6 is 11.6 Å². The monoisotopic (exact) mass is 554 g/mol. The van der Waals surface area contributed by atoms with Crippen LogP contribution in [0.25, 0.3) is 11.0 Å². The number of nitrogens with zero attached hydrogens (tertiary/aromatic N) is 6. The first-order chi connectivity index (χ1) is 20.1. The van der Waals surface area contributed by atoms with Crippen molar-refractivity contribution < 1.29 is 4.79 Å². The van der Waals surface area contributed by atoms with E-state index in [4.69, 9.17) is 21.6 Å². The number of benzene rings is 4. The molecule has 0 bridgehead atoms. The SMILES string of the molecule is CC1=NN(c2ccccc2)C(=O)/C1=C/C=C1\N(c2ccccc2)c2nc3ccc(Cl)cc3nc2N1c1ccccc1. The fourth-order valence-electron chi connectivity index (χ4n) is 5.05. The summed E-state index contributed by atoms with van der Waals surface area (Å²) >= 11 is 6.32. The van der Waals surface area contributed by atoms with E-state index in [0.29, 0.717) is 33.5 Å². The van der Waals surface area contributed by atoms with Crippen molar-refractivity contribution in [1.82, 2.24) is 9.97 Å². The Morgan fingerprint density at radius 1 is 0.659 bits per heavy atom. The van der Waals surface area contributed by atoms with Gasteiger partial charge in [0.2, 0.25) is 0 Å². The van der Waals surface area contributed by atoms with E-state index in [2.05, 4.69) is 10.0 Å². The van der Waals surface area contributed by atoms with E-state index in [1.807, 2.05) is 133 Å². The van der Waals surface area contributed by atoms with Gasteiger partial charge < -0.3 is 0 Å². The first kappa shape index (κ1) is 24.7. The van der Waals surface area contributed by atoms with Crippen molar-refractivity contribution in [2.45, 2.75) is 6.92 Å². The van der Waals surface area contributed by atoms with Crippen LogP contribution in [0.15, 0.2) is 138 Å². The van der Waals surface area contributed by atoms with E-state index in [-0.39, 0.29) is 5.91 Å². The predicted molar refractivity (Wildman–Crippen MR) is 165 cm³/mol. The van der Waals surface area contributed by atoms with E-state index in [1.165, 1.54) is 5.01 Å². The summed E-state index contributed by atoms with van der Waals surface area (Å²) in [6.45, 7) is 1.85. The van der Waals surface area contributed by atoms with Crippen LogP contribution in [0.4, 0.5) is 28.7 Å². The number of para-hydroxylation sites is 3. The molecule has 3 heterocycles. The van der Waals surface area contributed by atoms with Gasteiger partial charge in [-0.2, -0.15) is 10.1 Å². The zero-order chi connectivity index (χ0) is 27.9. The molecule has 0 fully saturated rings. The van der Waals surface area contributed by atoms with Gasteiger partial charge in [-0.1, -0.05) is 66.2 Å². The lowest BCUT2D eigenvalue weighted by atomic mass is 10.1. The molecule has 4 aromatic carbocycles. The van der Waals surface area contributed by atoms with Gasteiger partial charge in [0, 0.05) is 16.4 Å². The zero-order valence-electron chi connectivity index (χ0n) is 22.0.